The molecule has 6 heteroatoms. The number of halogens is 2. The van der Waals surface area contributed by atoms with Crippen molar-refractivity contribution in [2.24, 2.45) is 0 Å². The van der Waals surface area contributed by atoms with E-state index in [9.17, 15) is 0 Å². The minimum atomic E-state index is 0.162. The van der Waals surface area contributed by atoms with Crippen LogP contribution in [0.1, 0.15) is 6.92 Å². The maximum Gasteiger partial charge on any atom is 0.240 e. The first-order valence-electron chi connectivity index (χ1n) is 5.63. The second-order valence-corrected chi connectivity index (χ2v) is 4.44. The van der Waals surface area contributed by atoms with Gasteiger partial charge in [-0.1, -0.05) is 35.3 Å². The first-order valence-corrected chi connectivity index (χ1v) is 6.38. The first-order chi connectivity index (χ1) is 9.11. The molecule has 19 heavy (non-hydrogen) atoms. The normalized spacial score (nSPS) is 10.3. The van der Waals surface area contributed by atoms with E-state index in [-0.39, 0.29) is 21.7 Å². The Labute approximate surface area is 121 Å². The highest BCUT2D eigenvalue weighted by molar-refractivity contribution is 6.36. The molecule has 0 fully saturated rings. The van der Waals surface area contributed by atoms with Gasteiger partial charge in [0, 0.05) is 0 Å². The second-order valence-electron chi connectivity index (χ2n) is 3.62. The number of ether oxygens (including phenoxy) is 2. The van der Waals surface area contributed by atoms with E-state index in [0.29, 0.717) is 18.1 Å². The lowest BCUT2D eigenvalue weighted by Crippen LogP contribution is -1.98. The van der Waals surface area contributed by atoms with E-state index in [1.807, 2.05) is 19.1 Å². The van der Waals surface area contributed by atoms with E-state index in [4.69, 9.17) is 38.4 Å². The molecule has 0 atom stereocenters. The van der Waals surface area contributed by atoms with Crippen LogP contribution in [0.5, 0.6) is 17.4 Å². The average molecular weight is 299 g/mol. The fourth-order valence-electron chi connectivity index (χ4n) is 1.45. The smallest absolute Gasteiger partial charge is 0.240 e. The zero-order chi connectivity index (χ0) is 13.8. The number of hydrogen-bond acceptors (Lipinski definition) is 4. The number of hydrogen-bond donors (Lipinski definition) is 1. The van der Waals surface area contributed by atoms with Crippen molar-refractivity contribution in [3.05, 3.63) is 40.4 Å². The van der Waals surface area contributed by atoms with Gasteiger partial charge in [-0.25, -0.2) is 0 Å². The molecule has 0 saturated heterocycles. The van der Waals surface area contributed by atoms with Gasteiger partial charge >= 0.3 is 0 Å². The quantitative estimate of drug-likeness (QED) is 0.921. The largest absolute Gasteiger partial charge is 0.490 e. The van der Waals surface area contributed by atoms with Crippen LogP contribution in [0.3, 0.4) is 0 Å². The van der Waals surface area contributed by atoms with Gasteiger partial charge in [-0.15, -0.1) is 0 Å². The molecular formula is C13H12Cl2N2O2. The van der Waals surface area contributed by atoms with Crippen molar-refractivity contribution in [1.82, 2.24) is 4.98 Å². The maximum absolute atomic E-state index is 6.01. The summed E-state index contributed by atoms with van der Waals surface area (Å²) in [5, 5.41) is 0.570. The van der Waals surface area contributed by atoms with Crippen molar-refractivity contribution < 1.29 is 9.47 Å². The van der Waals surface area contributed by atoms with Gasteiger partial charge in [0.2, 0.25) is 5.88 Å². The van der Waals surface area contributed by atoms with Crippen LogP contribution in [0, 0.1) is 0 Å². The molecule has 0 radical (unpaired) electrons. The number of pyridine rings is 1. The van der Waals surface area contributed by atoms with Crippen LogP contribution in [-0.4, -0.2) is 11.6 Å². The Morgan fingerprint density at radius 2 is 1.84 bits per heavy atom. The summed E-state index contributed by atoms with van der Waals surface area (Å²) in [6.45, 7) is 2.42. The van der Waals surface area contributed by atoms with E-state index in [0.717, 1.165) is 0 Å². The van der Waals surface area contributed by atoms with E-state index in [1.165, 1.54) is 6.07 Å². The summed E-state index contributed by atoms with van der Waals surface area (Å²) in [4.78, 5) is 4.00. The number of anilines is 1. The number of nitrogens with zero attached hydrogens (tertiary/aromatic N) is 1. The highest BCUT2D eigenvalue weighted by Crippen LogP contribution is 2.36. The number of benzene rings is 1. The monoisotopic (exact) mass is 298 g/mol. The Morgan fingerprint density at radius 3 is 2.53 bits per heavy atom. The molecule has 0 aliphatic carbocycles. The molecule has 1 aromatic carbocycles. The number of para-hydroxylation sites is 2. The van der Waals surface area contributed by atoms with E-state index >= 15 is 0 Å². The van der Waals surface area contributed by atoms with Crippen molar-refractivity contribution >= 4 is 29.0 Å². The summed E-state index contributed by atoms with van der Waals surface area (Å²) >= 11 is 11.8. The van der Waals surface area contributed by atoms with Crippen LogP contribution in [-0.2, 0) is 0 Å². The van der Waals surface area contributed by atoms with Crippen molar-refractivity contribution in [2.45, 2.75) is 6.92 Å². The van der Waals surface area contributed by atoms with Gasteiger partial charge in [0.15, 0.2) is 11.5 Å². The second kappa shape index (κ2) is 5.99. The van der Waals surface area contributed by atoms with Crippen LogP contribution >= 0.6 is 23.2 Å². The van der Waals surface area contributed by atoms with Crippen LogP contribution in [0.25, 0.3) is 0 Å². The first kappa shape index (κ1) is 13.8. The number of rotatable bonds is 4. The molecule has 2 N–H and O–H groups in total. The molecule has 1 aromatic heterocycles. The summed E-state index contributed by atoms with van der Waals surface area (Å²) in [6.07, 6.45) is 0. The molecule has 0 amide bonds. The Kier molecular flexibility index (Phi) is 4.35. The molecule has 2 aromatic rings. The molecule has 0 unspecified atom stereocenters. The lowest BCUT2D eigenvalue weighted by Gasteiger charge is -2.12. The van der Waals surface area contributed by atoms with E-state index in [1.54, 1.807) is 12.1 Å². The van der Waals surface area contributed by atoms with E-state index in [2.05, 4.69) is 4.98 Å². The summed E-state index contributed by atoms with van der Waals surface area (Å²) in [5.74, 6) is 1.47. The number of nitrogen functional groups attached to an aromatic ring is 1. The molecule has 0 aliphatic heterocycles. The van der Waals surface area contributed by atoms with Crippen molar-refractivity contribution in [3.8, 4) is 17.4 Å². The minimum absolute atomic E-state index is 0.162. The fourth-order valence-corrected chi connectivity index (χ4v) is 1.85. The van der Waals surface area contributed by atoms with Gasteiger partial charge in [0.25, 0.3) is 0 Å². The summed E-state index contributed by atoms with van der Waals surface area (Å²) in [7, 11) is 0. The highest BCUT2D eigenvalue weighted by atomic mass is 35.5. The number of nitrogens with two attached hydrogens (primary N) is 1. The molecule has 0 spiro atoms. The minimum Gasteiger partial charge on any atom is -0.490 e. The van der Waals surface area contributed by atoms with Crippen molar-refractivity contribution in [3.63, 3.8) is 0 Å². The van der Waals surface area contributed by atoms with Gasteiger partial charge in [-0.3, -0.25) is 0 Å². The molecule has 0 saturated carbocycles. The van der Waals surface area contributed by atoms with Crippen molar-refractivity contribution in [2.75, 3.05) is 12.3 Å². The topological polar surface area (TPSA) is 57.4 Å². The highest BCUT2D eigenvalue weighted by Gasteiger charge is 2.12. The fraction of sp³-hybridized carbons (Fsp3) is 0.154. The molecular weight excluding hydrogens is 287 g/mol. The van der Waals surface area contributed by atoms with Crippen LogP contribution in [0.2, 0.25) is 10.0 Å². The van der Waals surface area contributed by atoms with Crippen molar-refractivity contribution in [1.29, 1.82) is 0 Å². The van der Waals surface area contributed by atoms with Crippen LogP contribution < -0.4 is 15.2 Å². The van der Waals surface area contributed by atoms with Crippen LogP contribution in [0.15, 0.2) is 30.3 Å². The van der Waals surface area contributed by atoms with Gasteiger partial charge in [0.1, 0.15) is 10.8 Å². The average Bonchev–Trinajstić information content (AvgIpc) is 2.38. The predicted octanol–water partition coefficient (Wildman–Crippen LogP) is 4.16. The van der Waals surface area contributed by atoms with Gasteiger partial charge < -0.3 is 15.2 Å². The predicted molar refractivity (Wildman–Crippen MR) is 76.4 cm³/mol. The number of aromatic nitrogens is 1. The van der Waals surface area contributed by atoms with E-state index < -0.39 is 0 Å². The van der Waals surface area contributed by atoms with Crippen LogP contribution in [0.4, 0.5) is 5.82 Å². The summed E-state index contributed by atoms with van der Waals surface area (Å²) in [6, 6.07) is 8.72. The molecule has 1 heterocycles. The summed E-state index contributed by atoms with van der Waals surface area (Å²) < 4.78 is 11.1. The third-order valence-corrected chi connectivity index (χ3v) is 2.85. The third kappa shape index (κ3) is 3.22. The molecule has 0 aliphatic rings. The molecule has 0 bridgehead atoms. The standard InChI is InChI=1S/C13H12Cl2N2O2/c1-2-18-10-5-3-4-6-11(10)19-13-9(15)7-8(14)12(16)17-13/h3-7H,2H2,1H3,(H2,16,17). The Balaban J connectivity index is 2.33. The molecule has 4 nitrogen and oxygen atoms in total. The molecule has 2 rings (SSSR count). The maximum atomic E-state index is 6.01. The Morgan fingerprint density at radius 1 is 1.16 bits per heavy atom. The lowest BCUT2D eigenvalue weighted by molar-refractivity contribution is 0.319. The van der Waals surface area contributed by atoms with Gasteiger partial charge in [0.05, 0.1) is 11.6 Å². The molecule has 100 valence electrons. The summed E-state index contributed by atoms with van der Waals surface area (Å²) in [5.41, 5.74) is 5.63. The lowest BCUT2D eigenvalue weighted by atomic mass is 10.3. The zero-order valence-electron chi connectivity index (χ0n) is 10.2. The SMILES string of the molecule is CCOc1ccccc1Oc1nc(N)c(Cl)cc1Cl. The zero-order valence-corrected chi connectivity index (χ0v) is 11.7. The third-order valence-electron chi connectivity index (χ3n) is 2.28. The van der Waals surface area contributed by atoms with Gasteiger partial charge in [-0.2, -0.15) is 4.98 Å². The van der Waals surface area contributed by atoms with Gasteiger partial charge in [-0.05, 0) is 25.1 Å². The Hall–Kier alpha value is -1.65. The Bertz CT molecular complexity index is 591.